The van der Waals surface area contributed by atoms with Gasteiger partial charge in [0.05, 0.1) is 17.8 Å². The maximum Gasteiger partial charge on any atom is 0.251 e. The summed E-state index contributed by atoms with van der Waals surface area (Å²) < 4.78 is 13.1. The van der Waals surface area contributed by atoms with Crippen molar-refractivity contribution in [3.63, 3.8) is 0 Å². The van der Waals surface area contributed by atoms with Gasteiger partial charge in [0.2, 0.25) is 11.8 Å². The van der Waals surface area contributed by atoms with Gasteiger partial charge in [-0.05, 0) is 54.1 Å². The Balaban J connectivity index is 1.60. The van der Waals surface area contributed by atoms with Gasteiger partial charge in [-0.1, -0.05) is 41.9 Å². The van der Waals surface area contributed by atoms with Crippen LogP contribution in [0.1, 0.15) is 12.0 Å². The Morgan fingerprint density at radius 3 is 2.48 bits per heavy atom. The lowest BCUT2D eigenvalue weighted by Crippen LogP contribution is -2.52. The maximum atomic E-state index is 13.2. The Labute approximate surface area is 194 Å². The molecule has 3 amide bonds. The number of carbonyl (C=O) groups excluding carboxylic acids is 3. The molecule has 33 heavy (non-hydrogen) atoms. The molecule has 3 aromatic carbocycles. The predicted molar refractivity (Wildman–Crippen MR) is 126 cm³/mol. The van der Waals surface area contributed by atoms with Gasteiger partial charge in [-0.25, -0.2) is 4.39 Å². The highest BCUT2D eigenvalue weighted by Gasteiger charge is 2.37. The van der Waals surface area contributed by atoms with Gasteiger partial charge < -0.3 is 10.6 Å². The molecule has 1 heterocycles. The van der Waals surface area contributed by atoms with Crippen LogP contribution < -0.4 is 15.5 Å². The quantitative estimate of drug-likeness (QED) is 0.529. The first-order valence-corrected chi connectivity index (χ1v) is 10.5. The van der Waals surface area contributed by atoms with E-state index in [4.69, 9.17) is 11.6 Å². The summed E-state index contributed by atoms with van der Waals surface area (Å²) in [6.45, 7) is 0. The lowest BCUT2D eigenvalue weighted by molar-refractivity contribution is -0.124. The van der Waals surface area contributed by atoms with Gasteiger partial charge in [-0.15, -0.1) is 0 Å². The molecule has 3 aromatic rings. The Kier molecular flexibility index (Phi) is 6.51. The molecule has 0 aliphatic carbocycles. The number of hydrogen-bond donors (Lipinski definition) is 2. The molecule has 4 rings (SSSR count). The van der Waals surface area contributed by atoms with Crippen molar-refractivity contribution < 1.29 is 18.8 Å². The third-order valence-electron chi connectivity index (χ3n) is 5.09. The van der Waals surface area contributed by atoms with Crippen LogP contribution in [-0.4, -0.2) is 23.8 Å². The molecular weight excluding hydrogens is 445 g/mol. The third-order valence-corrected chi connectivity index (χ3v) is 5.43. The first kappa shape index (κ1) is 22.2. The number of nitrogens with zero attached hydrogens (tertiary/aromatic N) is 1. The van der Waals surface area contributed by atoms with Crippen LogP contribution in [0.3, 0.4) is 0 Å². The first-order chi connectivity index (χ1) is 15.9. The monoisotopic (exact) mass is 463 g/mol. The van der Waals surface area contributed by atoms with Crippen molar-refractivity contribution in [3.8, 4) is 0 Å². The number of carbonyl (C=O) groups is 3. The zero-order valence-corrected chi connectivity index (χ0v) is 18.1. The van der Waals surface area contributed by atoms with Crippen LogP contribution in [0.15, 0.2) is 78.9 Å². The van der Waals surface area contributed by atoms with E-state index in [-0.39, 0.29) is 6.42 Å². The zero-order valence-electron chi connectivity index (χ0n) is 17.3. The molecule has 8 heteroatoms. The molecule has 0 saturated carbocycles. The highest BCUT2D eigenvalue weighted by atomic mass is 35.5. The number of amides is 3. The number of nitrogens with one attached hydrogen (secondary N) is 2. The third kappa shape index (κ3) is 5.10. The Morgan fingerprint density at radius 2 is 1.73 bits per heavy atom. The maximum absolute atomic E-state index is 13.2. The van der Waals surface area contributed by atoms with Crippen molar-refractivity contribution in [2.75, 3.05) is 15.5 Å². The average molecular weight is 464 g/mol. The zero-order chi connectivity index (χ0) is 23.4. The molecule has 0 radical (unpaired) electrons. The van der Waals surface area contributed by atoms with E-state index < -0.39 is 29.6 Å². The highest BCUT2D eigenvalue weighted by Crippen LogP contribution is 2.33. The van der Waals surface area contributed by atoms with E-state index in [1.54, 1.807) is 54.6 Å². The van der Waals surface area contributed by atoms with Gasteiger partial charge in [-0.3, -0.25) is 19.3 Å². The number of benzene rings is 3. The van der Waals surface area contributed by atoms with E-state index in [1.165, 1.54) is 35.2 Å². The van der Waals surface area contributed by atoms with Crippen molar-refractivity contribution in [3.05, 3.63) is 95.3 Å². The molecule has 1 aliphatic rings. The number of anilines is 3. The van der Waals surface area contributed by atoms with Crippen LogP contribution in [0.4, 0.5) is 21.5 Å². The topological polar surface area (TPSA) is 78.5 Å². The fourth-order valence-corrected chi connectivity index (χ4v) is 3.72. The second kappa shape index (κ2) is 9.67. The van der Waals surface area contributed by atoms with E-state index in [0.717, 1.165) is 0 Å². The molecular formula is C25H19ClFN3O3. The van der Waals surface area contributed by atoms with E-state index >= 15 is 0 Å². The molecule has 1 unspecified atom stereocenters. The molecule has 0 spiro atoms. The SMILES string of the molecule is O=C(CC1C(=O)Nc2ccccc2N1C(=O)/C=C/c1ccccc1Cl)Nc1ccc(F)cc1. The lowest BCUT2D eigenvalue weighted by Gasteiger charge is -2.35. The predicted octanol–water partition coefficient (Wildman–Crippen LogP) is 4.88. The smallest absolute Gasteiger partial charge is 0.251 e. The number of rotatable bonds is 5. The van der Waals surface area contributed by atoms with Crippen molar-refractivity contribution in [2.45, 2.75) is 12.5 Å². The molecule has 1 atom stereocenters. The van der Waals surface area contributed by atoms with Crippen LogP contribution in [-0.2, 0) is 14.4 Å². The minimum absolute atomic E-state index is 0.288. The Hall–Kier alpha value is -3.97. The van der Waals surface area contributed by atoms with Crippen LogP contribution >= 0.6 is 11.6 Å². The molecule has 166 valence electrons. The summed E-state index contributed by atoms with van der Waals surface area (Å²) in [5, 5.41) is 5.85. The fraction of sp³-hybridized carbons (Fsp3) is 0.0800. The van der Waals surface area contributed by atoms with E-state index in [9.17, 15) is 18.8 Å². The lowest BCUT2D eigenvalue weighted by atomic mass is 10.0. The standard InChI is InChI=1S/C25H19ClFN3O3/c26-19-6-2-1-5-16(19)9-14-24(32)30-21-8-4-3-7-20(21)29-25(33)22(30)15-23(31)28-18-12-10-17(27)11-13-18/h1-14,22H,15H2,(H,28,31)(H,29,33)/b14-9+. The molecule has 1 aliphatic heterocycles. The summed E-state index contributed by atoms with van der Waals surface area (Å²) in [7, 11) is 0. The summed E-state index contributed by atoms with van der Waals surface area (Å²) in [6.07, 6.45) is 2.60. The number of halogens is 2. The summed E-state index contributed by atoms with van der Waals surface area (Å²) in [5.74, 6) is -1.88. The minimum Gasteiger partial charge on any atom is -0.326 e. The van der Waals surface area contributed by atoms with Crippen LogP contribution in [0, 0.1) is 5.82 Å². The molecule has 0 saturated heterocycles. The van der Waals surface area contributed by atoms with Gasteiger partial charge in [-0.2, -0.15) is 0 Å². The number of fused-ring (bicyclic) bond motifs is 1. The molecule has 6 nitrogen and oxygen atoms in total. The van der Waals surface area contributed by atoms with Gasteiger partial charge in [0.15, 0.2) is 0 Å². The summed E-state index contributed by atoms with van der Waals surface area (Å²) >= 11 is 6.17. The summed E-state index contributed by atoms with van der Waals surface area (Å²) in [5.41, 5.74) is 1.98. The van der Waals surface area contributed by atoms with Gasteiger partial charge >= 0.3 is 0 Å². The minimum atomic E-state index is -1.08. The van der Waals surface area contributed by atoms with Crippen molar-refractivity contribution in [1.29, 1.82) is 0 Å². The summed E-state index contributed by atoms with van der Waals surface area (Å²) in [6, 6.07) is 18.1. The largest absolute Gasteiger partial charge is 0.326 e. The van der Waals surface area contributed by atoms with Crippen LogP contribution in [0.25, 0.3) is 6.08 Å². The second-order valence-electron chi connectivity index (χ2n) is 7.34. The van der Waals surface area contributed by atoms with E-state index in [0.29, 0.717) is 27.6 Å². The van der Waals surface area contributed by atoms with Crippen LogP contribution in [0.2, 0.25) is 5.02 Å². The second-order valence-corrected chi connectivity index (χ2v) is 7.75. The van der Waals surface area contributed by atoms with Crippen molar-refractivity contribution in [2.24, 2.45) is 0 Å². The van der Waals surface area contributed by atoms with Crippen molar-refractivity contribution in [1.82, 2.24) is 0 Å². The van der Waals surface area contributed by atoms with E-state index in [2.05, 4.69) is 10.6 Å². The first-order valence-electron chi connectivity index (χ1n) is 10.1. The van der Waals surface area contributed by atoms with E-state index in [1.807, 2.05) is 0 Å². The highest BCUT2D eigenvalue weighted by molar-refractivity contribution is 6.32. The van der Waals surface area contributed by atoms with Gasteiger partial charge in [0.1, 0.15) is 11.9 Å². The average Bonchev–Trinajstić information content (AvgIpc) is 2.80. The Morgan fingerprint density at radius 1 is 1.03 bits per heavy atom. The van der Waals surface area contributed by atoms with Crippen molar-refractivity contribution >= 4 is 52.5 Å². The molecule has 0 aromatic heterocycles. The van der Waals surface area contributed by atoms with Crippen LogP contribution in [0.5, 0.6) is 0 Å². The Bertz CT molecular complexity index is 1240. The number of para-hydroxylation sites is 2. The summed E-state index contributed by atoms with van der Waals surface area (Å²) in [4.78, 5) is 40.0. The number of hydrogen-bond acceptors (Lipinski definition) is 3. The normalized spacial score (nSPS) is 15.2. The molecule has 2 N–H and O–H groups in total. The molecule has 0 fully saturated rings. The van der Waals surface area contributed by atoms with Gasteiger partial charge in [0, 0.05) is 16.8 Å². The fourth-order valence-electron chi connectivity index (χ4n) is 3.52. The van der Waals surface area contributed by atoms with Gasteiger partial charge in [0.25, 0.3) is 5.91 Å². The molecule has 0 bridgehead atoms.